The maximum Gasteiger partial charge on any atom is 0.0922 e. The summed E-state index contributed by atoms with van der Waals surface area (Å²) < 4.78 is 0. The minimum Gasteiger partial charge on any atom is -0.372 e. The number of rotatable bonds is 11. The molecule has 2 aromatic carbocycles. The molecule has 0 aliphatic heterocycles. The van der Waals surface area contributed by atoms with Gasteiger partial charge in [-0.05, 0) is 68.9 Å². The average Bonchev–Trinajstić information content (AvgIpc) is 3.61. The summed E-state index contributed by atoms with van der Waals surface area (Å²) in [7, 11) is 0. The summed E-state index contributed by atoms with van der Waals surface area (Å²) in [6.45, 7) is 20.6. The van der Waals surface area contributed by atoms with Gasteiger partial charge in [-0.1, -0.05) is 99.7 Å². The Labute approximate surface area is 197 Å². The first-order chi connectivity index (χ1) is 15.3. The Hall–Kier alpha value is -2.48. The minimum atomic E-state index is -0.182. The van der Waals surface area contributed by atoms with Crippen molar-refractivity contribution < 1.29 is 0 Å². The average molecular weight is 433 g/mol. The molecule has 32 heavy (non-hydrogen) atoms. The fraction of sp³-hybridized carbons (Fsp3) is 0.467. The highest BCUT2D eigenvalue weighted by Gasteiger charge is 2.48. The predicted molar refractivity (Wildman–Crippen MR) is 141 cm³/mol. The van der Waals surface area contributed by atoms with E-state index >= 15 is 0 Å². The molecular weight excluding hydrogens is 388 g/mol. The van der Waals surface area contributed by atoms with E-state index in [0.717, 1.165) is 24.7 Å². The second-order valence-electron chi connectivity index (χ2n) is 9.63. The van der Waals surface area contributed by atoms with Gasteiger partial charge in [0.05, 0.1) is 11.4 Å². The largest absolute Gasteiger partial charge is 0.372 e. The molecule has 174 valence electrons. The van der Waals surface area contributed by atoms with Crippen molar-refractivity contribution in [1.82, 2.24) is 10.6 Å². The standard InChI is InChI=1S/C22H34N2.C8H10/c1-6-18(4)22(21-14-15-21,20-12-8-7-9-13-20)24-19(5)23-16-10-11-17(2)3;1-7-4-3-5-8(2)6-7/h7-9,12-13,17,21,23-24H,4-6,10-11,14-16H2,1-3H3;3-6H,1-2H3. The van der Waals surface area contributed by atoms with Crippen LogP contribution in [0.25, 0.3) is 0 Å². The second kappa shape index (κ2) is 12.5. The van der Waals surface area contributed by atoms with Gasteiger partial charge in [-0.15, -0.1) is 0 Å². The molecule has 1 unspecified atom stereocenters. The van der Waals surface area contributed by atoms with Crippen LogP contribution in [0.4, 0.5) is 0 Å². The van der Waals surface area contributed by atoms with Gasteiger partial charge in [-0.3, -0.25) is 0 Å². The van der Waals surface area contributed by atoms with Crippen molar-refractivity contribution in [2.45, 2.75) is 72.3 Å². The quantitative estimate of drug-likeness (QED) is 0.281. The van der Waals surface area contributed by atoms with Crippen molar-refractivity contribution in [3.05, 3.63) is 95.8 Å². The summed E-state index contributed by atoms with van der Waals surface area (Å²) in [5.74, 6) is 2.29. The van der Waals surface area contributed by atoms with Crippen molar-refractivity contribution in [2.24, 2.45) is 11.8 Å². The van der Waals surface area contributed by atoms with Crippen LogP contribution in [-0.2, 0) is 5.54 Å². The van der Waals surface area contributed by atoms with Crippen LogP contribution in [-0.4, -0.2) is 6.54 Å². The molecular formula is C30H44N2. The summed E-state index contributed by atoms with van der Waals surface area (Å²) >= 11 is 0. The molecule has 0 amide bonds. The van der Waals surface area contributed by atoms with Crippen LogP contribution in [0.1, 0.15) is 69.6 Å². The molecule has 1 aliphatic carbocycles. The van der Waals surface area contributed by atoms with Crippen LogP contribution in [0, 0.1) is 25.7 Å². The van der Waals surface area contributed by atoms with Crippen LogP contribution in [0.3, 0.4) is 0 Å². The molecule has 0 heterocycles. The van der Waals surface area contributed by atoms with Crippen molar-refractivity contribution in [1.29, 1.82) is 0 Å². The topological polar surface area (TPSA) is 24.1 Å². The van der Waals surface area contributed by atoms with Crippen molar-refractivity contribution in [3.63, 3.8) is 0 Å². The lowest BCUT2D eigenvalue weighted by molar-refractivity contribution is 0.357. The van der Waals surface area contributed by atoms with Gasteiger partial charge in [0.15, 0.2) is 0 Å². The van der Waals surface area contributed by atoms with E-state index in [9.17, 15) is 0 Å². The molecule has 0 radical (unpaired) electrons. The molecule has 0 bridgehead atoms. The van der Waals surface area contributed by atoms with Gasteiger partial charge < -0.3 is 10.6 Å². The van der Waals surface area contributed by atoms with E-state index in [1.807, 2.05) is 0 Å². The van der Waals surface area contributed by atoms with E-state index < -0.39 is 0 Å². The highest BCUT2D eigenvalue weighted by atomic mass is 15.1. The van der Waals surface area contributed by atoms with Gasteiger partial charge in [0, 0.05) is 6.54 Å². The zero-order valence-corrected chi connectivity index (χ0v) is 21.0. The van der Waals surface area contributed by atoms with E-state index in [2.05, 4.69) is 113 Å². The fourth-order valence-corrected chi connectivity index (χ4v) is 4.33. The molecule has 0 saturated heterocycles. The van der Waals surface area contributed by atoms with E-state index in [4.69, 9.17) is 0 Å². The first kappa shape index (κ1) is 25.8. The molecule has 1 aliphatic rings. The number of hydrogen-bond donors (Lipinski definition) is 2. The first-order valence-corrected chi connectivity index (χ1v) is 12.3. The molecule has 2 N–H and O–H groups in total. The van der Waals surface area contributed by atoms with E-state index in [0.29, 0.717) is 5.92 Å². The first-order valence-electron chi connectivity index (χ1n) is 12.3. The predicted octanol–water partition coefficient (Wildman–Crippen LogP) is 7.65. The maximum absolute atomic E-state index is 4.42. The Bertz CT molecular complexity index is 831. The Morgan fingerprint density at radius 2 is 1.62 bits per heavy atom. The van der Waals surface area contributed by atoms with E-state index in [-0.39, 0.29) is 5.54 Å². The van der Waals surface area contributed by atoms with E-state index in [1.165, 1.54) is 47.9 Å². The third-order valence-corrected chi connectivity index (χ3v) is 6.22. The van der Waals surface area contributed by atoms with Crippen LogP contribution in [0.15, 0.2) is 79.1 Å². The summed E-state index contributed by atoms with van der Waals surface area (Å²) in [5, 5.41) is 7.22. The fourth-order valence-electron chi connectivity index (χ4n) is 4.33. The van der Waals surface area contributed by atoms with Crippen LogP contribution < -0.4 is 10.6 Å². The highest BCUT2D eigenvalue weighted by Crippen LogP contribution is 2.50. The summed E-state index contributed by atoms with van der Waals surface area (Å²) in [5.41, 5.74) is 5.05. The molecule has 0 aromatic heterocycles. The monoisotopic (exact) mass is 432 g/mol. The molecule has 1 atom stereocenters. The Balaban J connectivity index is 0.000000380. The molecule has 0 spiro atoms. The summed E-state index contributed by atoms with van der Waals surface area (Å²) in [6, 6.07) is 19.2. The van der Waals surface area contributed by atoms with Crippen molar-refractivity contribution >= 4 is 0 Å². The third kappa shape index (κ3) is 7.58. The lowest BCUT2D eigenvalue weighted by Gasteiger charge is -2.39. The maximum atomic E-state index is 4.42. The normalized spacial score (nSPS) is 14.7. The van der Waals surface area contributed by atoms with Gasteiger partial charge in [0.1, 0.15) is 0 Å². The molecule has 1 saturated carbocycles. The van der Waals surface area contributed by atoms with Gasteiger partial charge in [-0.25, -0.2) is 0 Å². The number of hydrogen-bond acceptors (Lipinski definition) is 2. The highest BCUT2D eigenvalue weighted by molar-refractivity contribution is 5.38. The summed E-state index contributed by atoms with van der Waals surface area (Å²) in [4.78, 5) is 0. The van der Waals surface area contributed by atoms with Gasteiger partial charge in [-0.2, -0.15) is 0 Å². The van der Waals surface area contributed by atoms with Crippen LogP contribution in [0.2, 0.25) is 0 Å². The smallest absolute Gasteiger partial charge is 0.0922 e. The minimum absolute atomic E-state index is 0.182. The summed E-state index contributed by atoms with van der Waals surface area (Å²) in [6.07, 6.45) is 5.89. The lowest BCUT2D eigenvalue weighted by Crippen LogP contribution is -2.48. The molecule has 2 heteroatoms. The second-order valence-corrected chi connectivity index (χ2v) is 9.63. The molecule has 2 aromatic rings. The van der Waals surface area contributed by atoms with Crippen molar-refractivity contribution in [3.8, 4) is 0 Å². The Morgan fingerprint density at radius 3 is 2.09 bits per heavy atom. The molecule has 2 nitrogen and oxygen atoms in total. The number of benzene rings is 2. The van der Waals surface area contributed by atoms with Crippen LogP contribution in [0.5, 0.6) is 0 Å². The Kier molecular flexibility index (Phi) is 10.1. The zero-order chi connectivity index (χ0) is 23.6. The third-order valence-electron chi connectivity index (χ3n) is 6.22. The van der Waals surface area contributed by atoms with Gasteiger partial charge in [0.2, 0.25) is 0 Å². The SMILES string of the molecule is C=C(NCCCC(C)C)NC(C(=C)CC)(c1ccccc1)C1CC1.Cc1cccc(C)c1. The van der Waals surface area contributed by atoms with Gasteiger partial charge >= 0.3 is 0 Å². The molecule has 3 rings (SSSR count). The van der Waals surface area contributed by atoms with Crippen molar-refractivity contribution in [2.75, 3.05) is 6.54 Å². The molecule has 1 fully saturated rings. The lowest BCUT2D eigenvalue weighted by atomic mass is 9.77. The van der Waals surface area contributed by atoms with Gasteiger partial charge in [0.25, 0.3) is 0 Å². The number of nitrogens with one attached hydrogen (secondary N) is 2. The zero-order valence-electron chi connectivity index (χ0n) is 21.0. The van der Waals surface area contributed by atoms with E-state index in [1.54, 1.807) is 0 Å². The number of aryl methyl sites for hydroxylation is 2. The Morgan fingerprint density at radius 1 is 1.00 bits per heavy atom. The van der Waals surface area contributed by atoms with Crippen LogP contribution >= 0.6 is 0 Å².